The first-order chi connectivity index (χ1) is 14.9. The number of hydrogen-bond donors (Lipinski definition) is 1. The van der Waals surface area contributed by atoms with Crippen molar-refractivity contribution < 1.29 is 23.1 Å². The number of hydrogen-bond acceptors (Lipinski definition) is 7. The Labute approximate surface area is 180 Å². The van der Waals surface area contributed by atoms with Crippen molar-refractivity contribution in [1.82, 2.24) is 14.9 Å². The van der Waals surface area contributed by atoms with Crippen LogP contribution >= 0.6 is 0 Å². The summed E-state index contributed by atoms with van der Waals surface area (Å²) in [5.41, 5.74) is 1.96. The van der Waals surface area contributed by atoms with Crippen LogP contribution in [0.25, 0.3) is 0 Å². The zero-order chi connectivity index (χ0) is 21.6. The monoisotopic (exact) mass is 444 g/mol. The van der Waals surface area contributed by atoms with Crippen molar-refractivity contribution in [3.05, 3.63) is 36.2 Å². The van der Waals surface area contributed by atoms with Crippen LogP contribution in [0.4, 0.5) is 16.3 Å². The van der Waals surface area contributed by atoms with E-state index in [1.807, 2.05) is 11.0 Å². The van der Waals surface area contributed by atoms with Gasteiger partial charge in [-0.25, -0.2) is 23.2 Å². The molecule has 31 heavy (non-hydrogen) atoms. The van der Waals surface area contributed by atoms with Crippen LogP contribution in [0.3, 0.4) is 0 Å². The number of rotatable bonds is 5. The summed E-state index contributed by atoms with van der Waals surface area (Å²) in [5, 5.41) is 8.85. The van der Waals surface area contributed by atoms with E-state index in [9.17, 15) is 13.2 Å². The number of benzene rings is 1. The molecular weight excluding hydrogens is 420 g/mol. The van der Waals surface area contributed by atoms with E-state index in [-0.39, 0.29) is 11.4 Å². The lowest BCUT2D eigenvalue weighted by Gasteiger charge is -2.30. The molecule has 1 N–H and O–H groups in total. The molecule has 0 spiro atoms. The van der Waals surface area contributed by atoms with E-state index in [1.54, 1.807) is 18.2 Å². The standard InChI is InChI=1S/C21H24N4O5S/c26-21(27)24-8-6-15(7-9-24)30-20-12-19(22-13-23-20)25-10-5-14-11-17(3-4-18(14)25)31(28,29)16-1-2-16/h3-4,11-13,15-16H,1-2,5-10H2,(H,26,27). The van der Waals surface area contributed by atoms with Gasteiger partial charge in [0.1, 0.15) is 18.2 Å². The first-order valence-corrected chi connectivity index (χ1v) is 12.1. The minimum atomic E-state index is -3.21. The maximum atomic E-state index is 12.6. The molecule has 2 aliphatic heterocycles. The Hall–Kier alpha value is -2.88. The van der Waals surface area contributed by atoms with E-state index in [1.165, 1.54) is 11.2 Å². The molecule has 10 heteroatoms. The van der Waals surface area contributed by atoms with Gasteiger partial charge < -0.3 is 19.6 Å². The van der Waals surface area contributed by atoms with E-state index >= 15 is 0 Å². The molecule has 0 unspecified atom stereocenters. The van der Waals surface area contributed by atoms with Gasteiger partial charge >= 0.3 is 6.09 Å². The fraction of sp³-hybridized carbons (Fsp3) is 0.476. The fourth-order valence-electron chi connectivity index (χ4n) is 4.24. The molecule has 1 saturated carbocycles. The number of nitrogens with zero attached hydrogens (tertiary/aromatic N) is 4. The molecule has 0 atom stereocenters. The minimum absolute atomic E-state index is 0.0839. The molecule has 1 aliphatic carbocycles. The Morgan fingerprint density at radius 3 is 2.55 bits per heavy atom. The highest BCUT2D eigenvalue weighted by molar-refractivity contribution is 7.92. The Morgan fingerprint density at radius 1 is 1.06 bits per heavy atom. The van der Waals surface area contributed by atoms with Crippen molar-refractivity contribution >= 4 is 27.4 Å². The third kappa shape index (κ3) is 3.91. The van der Waals surface area contributed by atoms with Gasteiger partial charge in [-0.1, -0.05) is 0 Å². The zero-order valence-corrected chi connectivity index (χ0v) is 17.8. The van der Waals surface area contributed by atoms with E-state index in [0.717, 1.165) is 30.5 Å². The predicted molar refractivity (Wildman–Crippen MR) is 113 cm³/mol. The Morgan fingerprint density at radius 2 is 1.84 bits per heavy atom. The minimum Gasteiger partial charge on any atom is -0.474 e. The fourth-order valence-corrected chi connectivity index (χ4v) is 5.95. The molecule has 2 aromatic rings. The first-order valence-electron chi connectivity index (χ1n) is 10.5. The lowest BCUT2D eigenvalue weighted by atomic mass is 10.1. The topological polar surface area (TPSA) is 113 Å². The molecule has 0 radical (unpaired) electrons. The van der Waals surface area contributed by atoms with Crippen LogP contribution in [0, 0.1) is 0 Å². The highest BCUT2D eigenvalue weighted by Gasteiger charge is 2.37. The van der Waals surface area contributed by atoms with Crippen LogP contribution in [0.2, 0.25) is 0 Å². The number of carbonyl (C=O) groups is 1. The SMILES string of the molecule is O=C(O)N1CCC(Oc2cc(N3CCc4cc(S(=O)(=O)C5CC5)ccc43)ncn2)CC1. The van der Waals surface area contributed by atoms with Gasteiger partial charge in [0.15, 0.2) is 9.84 Å². The molecule has 1 aromatic carbocycles. The second-order valence-electron chi connectivity index (χ2n) is 8.24. The molecule has 3 aliphatic rings. The second kappa shape index (κ2) is 7.67. The van der Waals surface area contributed by atoms with Crippen molar-refractivity contribution in [3.8, 4) is 5.88 Å². The van der Waals surface area contributed by atoms with Gasteiger partial charge in [0.25, 0.3) is 0 Å². The summed E-state index contributed by atoms with van der Waals surface area (Å²) < 4.78 is 31.1. The zero-order valence-electron chi connectivity index (χ0n) is 17.0. The summed E-state index contributed by atoms with van der Waals surface area (Å²) >= 11 is 0. The highest BCUT2D eigenvalue weighted by atomic mass is 32.2. The smallest absolute Gasteiger partial charge is 0.407 e. The van der Waals surface area contributed by atoms with Crippen molar-refractivity contribution in [2.45, 2.75) is 48.4 Å². The van der Waals surface area contributed by atoms with Crippen LogP contribution in [0.15, 0.2) is 35.5 Å². The molecular formula is C21H24N4O5S. The van der Waals surface area contributed by atoms with Crippen molar-refractivity contribution in [3.63, 3.8) is 0 Å². The number of amides is 1. The molecule has 0 bridgehead atoms. The molecule has 1 amide bonds. The molecule has 9 nitrogen and oxygen atoms in total. The number of aromatic nitrogens is 2. The van der Waals surface area contributed by atoms with E-state index in [2.05, 4.69) is 9.97 Å². The maximum Gasteiger partial charge on any atom is 0.407 e. The summed E-state index contributed by atoms with van der Waals surface area (Å²) in [6, 6.07) is 7.15. The molecule has 1 saturated heterocycles. The number of likely N-dealkylation sites (tertiary alicyclic amines) is 1. The normalized spacial score (nSPS) is 19.4. The Bertz CT molecular complexity index is 1110. The van der Waals surface area contributed by atoms with Crippen molar-refractivity contribution in [1.29, 1.82) is 0 Å². The number of ether oxygens (including phenoxy) is 1. The van der Waals surface area contributed by atoms with E-state index < -0.39 is 15.9 Å². The van der Waals surface area contributed by atoms with Gasteiger partial charge in [-0.2, -0.15) is 0 Å². The van der Waals surface area contributed by atoms with Gasteiger partial charge in [-0.05, 0) is 43.0 Å². The molecule has 1 aromatic heterocycles. The van der Waals surface area contributed by atoms with E-state index in [4.69, 9.17) is 9.84 Å². The number of piperidine rings is 1. The molecule has 2 fully saturated rings. The molecule has 3 heterocycles. The van der Waals surface area contributed by atoms with Gasteiger partial charge in [0, 0.05) is 44.2 Å². The summed E-state index contributed by atoms with van der Waals surface area (Å²) in [5.74, 6) is 1.16. The Balaban J connectivity index is 1.31. The lowest BCUT2D eigenvalue weighted by molar-refractivity contribution is 0.0870. The summed E-state index contributed by atoms with van der Waals surface area (Å²) in [6.07, 6.45) is 3.98. The van der Waals surface area contributed by atoms with Gasteiger partial charge in [-0.3, -0.25) is 0 Å². The maximum absolute atomic E-state index is 12.6. The van der Waals surface area contributed by atoms with Gasteiger partial charge in [0.05, 0.1) is 10.1 Å². The number of anilines is 2. The lowest BCUT2D eigenvalue weighted by Crippen LogP contribution is -2.41. The molecule has 5 rings (SSSR count). The van der Waals surface area contributed by atoms with Gasteiger partial charge in [0.2, 0.25) is 5.88 Å². The van der Waals surface area contributed by atoms with Crippen LogP contribution in [-0.4, -0.2) is 65.5 Å². The van der Waals surface area contributed by atoms with Crippen molar-refractivity contribution in [2.24, 2.45) is 0 Å². The number of carboxylic acid groups (broad SMARTS) is 1. The number of sulfone groups is 1. The van der Waals surface area contributed by atoms with Gasteiger partial charge in [-0.15, -0.1) is 0 Å². The third-order valence-electron chi connectivity index (χ3n) is 6.14. The van der Waals surface area contributed by atoms with Crippen LogP contribution in [0.5, 0.6) is 5.88 Å². The summed E-state index contributed by atoms with van der Waals surface area (Å²) in [6.45, 7) is 1.60. The van der Waals surface area contributed by atoms with Crippen molar-refractivity contribution in [2.75, 3.05) is 24.5 Å². The Kier molecular flexibility index (Phi) is 4.96. The first kappa shape index (κ1) is 20.0. The van der Waals surface area contributed by atoms with Crippen LogP contribution < -0.4 is 9.64 Å². The number of fused-ring (bicyclic) bond motifs is 1. The van der Waals surface area contributed by atoms with Crippen LogP contribution in [0.1, 0.15) is 31.2 Å². The quantitative estimate of drug-likeness (QED) is 0.749. The third-order valence-corrected chi connectivity index (χ3v) is 8.40. The second-order valence-corrected chi connectivity index (χ2v) is 10.5. The highest BCUT2D eigenvalue weighted by Crippen LogP contribution is 2.39. The van der Waals surface area contributed by atoms with E-state index in [0.29, 0.717) is 49.1 Å². The summed E-state index contributed by atoms with van der Waals surface area (Å²) in [7, 11) is -3.21. The average molecular weight is 445 g/mol. The predicted octanol–water partition coefficient (Wildman–Crippen LogP) is 2.63. The average Bonchev–Trinajstić information content (AvgIpc) is 3.54. The van der Waals surface area contributed by atoms with Crippen LogP contribution in [-0.2, 0) is 16.3 Å². The molecule has 164 valence electrons. The largest absolute Gasteiger partial charge is 0.474 e. The summed E-state index contributed by atoms with van der Waals surface area (Å²) in [4.78, 5) is 23.5.